The van der Waals surface area contributed by atoms with E-state index in [-0.39, 0.29) is 42.4 Å². The Balaban J connectivity index is 0.00000288. The van der Waals surface area contributed by atoms with Crippen LogP contribution in [0.15, 0.2) is 29.2 Å². The second kappa shape index (κ2) is 9.33. The SMILES string of the molecule is Cc1ccc(S(=O)(=O)NCCNC(=O)[C@H]2NCCO[C@@H]2C)cc1.Cl. The predicted octanol–water partition coefficient (Wildman–Crippen LogP) is 0.188. The number of carbonyl (C=O) groups excluding carboxylic acids is 1. The molecule has 1 saturated heterocycles. The minimum Gasteiger partial charge on any atom is -0.375 e. The molecule has 0 aliphatic carbocycles. The number of benzene rings is 1. The first-order valence-electron chi connectivity index (χ1n) is 7.59. The number of hydrogen-bond donors (Lipinski definition) is 3. The van der Waals surface area contributed by atoms with Crippen LogP contribution >= 0.6 is 12.4 Å². The lowest BCUT2D eigenvalue weighted by molar-refractivity contribution is -0.128. The standard InChI is InChI=1S/C15H23N3O4S.ClH/c1-11-3-5-13(6-4-11)23(20,21)18-8-7-17-15(19)14-12(2)22-10-9-16-14;/h3-6,12,14,16,18H,7-10H2,1-2H3,(H,17,19);1H/t12-,14+;/m1./s1. The minimum atomic E-state index is -3.55. The molecule has 1 amide bonds. The lowest BCUT2D eigenvalue weighted by Gasteiger charge is -2.29. The Hall–Kier alpha value is -1.19. The van der Waals surface area contributed by atoms with Crippen LogP contribution in [0.4, 0.5) is 0 Å². The molecule has 0 saturated carbocycles. The Kier molecular flexibility index (Phi) is 8.11. The third-order valence-corrected chi connectivity index (χ3v) is 5.12. The monoisotopic (exact) mass is 377 g/mol. The maximum atomic E-state index is 12.1. The molecule has 7 nitrogen and oxygen atoms in total. The quantitative estimate of drug-likeness (QED) is 0.615. The topological polar surface area (TPSA) is 96.5 Å². The number of aryl methyl sites for hydroxylation is 1. The molecule has 0 radical (unpaired) electrons. The second-order valence-corrected chi connectivity index (χ2v) is 7.28. The highest BCUT2D eigenvalue weighted by Crippen LogP contribution is 2.09. The summed E-state index contributed by atoms with van der Waals surface area (Å²) in [6.07, 6.45) is -0.201. The summed E-state index contributed by atoms with van der Waals surface area (Å²) in [5.74, 6) is -0.188. The third kappa shape index (κ3) is 5.71. The molecule has 3 N–H and O–H groups in total. The number of sulfonamides is 1. The average Bonchev–Trinajstić information content (AvgIpc) is 2.52. The molecule has 1 heterocycles. The molecule has 0 unspecified atom stereocenters. The van der Waals surface area contributed by atoms with Crippen LogP contribution in [0.5, 0.6) is 0 Å². The summed E-state index contributed by atoms with van der Waals surface area (Å²) in [7, 11) is -3.55. The third-order valence-electron chi connectivity index (χ3n) is 3.65. The van der Waals surface area contributed by atoms with Crippen molar-refractivity contribution >= 4 is 28.3 Å². The van der Waals surface area contributed by atoms with E-state index in [2.05, 4.69) is 15.4 Å². The predicted molar refractivity (Wildman–Crippen MR) is 93.8 cm³/mol. The van der Waals surface area contributed by atoms with Crippen molar-refractivity contribution in [2.24, 2.45) is 0 Å². The number of halogens is 1. The first kappa shape index (κ1) is 20.9. The lowest BCUT2D eigenvalue weighted by atomic mass is 10.1. The van der Waals surface area contributed by atoms with Gasteiger partial charge in [-0.1, -0.05) is 17.7 Å². The first-order chi connectivity index (χ1) is 10.9. The van der Waals surface area contributed by atoms with E-state index < -0.39 is 16.1 Å². The van der Waals surface area contributed by atoms with Gasteiger partial charge in [0.05, 0.1) is 17.6 Å². The number of nitrogens with one attached hydrogen (secondary N) is 3. The largest absolute Gasteiger partial charge is 0.375 e. The summed E-state index contributed by atoms with van der Waals surface area (Å²) >= 11 is 0. The fraction of sp³-hybridized carbons (Fsp3) is 0.533. The van der Waals surface area contributed by atoms with E-state index in [1.165, 1.54) is 0 Å². The summed E-state index contributed by atoms with van der Waals surface area (Å²) in [4.78, 5) is 12.2. The number of ether oxygens (including phenoxy) is 1. The maximum absolute atomic E-state index is 12.1. The highest BCUT2D eigenvalue weighted by atomic mass is 35.5. The van der Waals surface area contributed by atoms with Crippen LogP contribution in [0.3, 0.4) is 0 Å². The van der Waals surface area contributed by atoms with Gasteiger partial charge in [0, 0.05) is 19.6 Å². The van der Waals surface area contributed by atoms with Crippen LogP contribution in [-0.2, 0) is 19.6 Å². The van der Waals surface area contributed by atoms with Gasteiger partial charge in [-0.3, -0.25) is 4.79 Å². The van der Waals surface area contributed by atoms with Crippen molar-refractivity contribution in [1.29, 1.82) is 0 Å². The molecule has 0 bridgehead atoms. The molecule has 2 rings (SSSR count). The molecular formula is C15H24ClN3O4S. The van der Waals surface area contributed by atoms with Crippen molar-refractivity contribution in [2.75, 3.05) is 26.2 Å². The smallest absolute Gasteiger partial charge is 0.240 e. The molecule has 1 aromatic carbocycles. The zero-order valence-corrected chi connectivity index (χ0v) is 15.4. The molecule has 2 atom stereocenters. The van der Waals surface area contributed by atoms with Gasteiger partial charge in [-0.05, 0) is 26.0 Å². The summed E-state index contributed by atoms with van der Waals surface area (Å²) in [5.41, 5.74) is 0.993. The summed E-state index contributed by atoms with van der Waals surface area (Å²) in [6.45, 7) is 5.28. The molecule has 0 spiro atoms. The number of rotatable bonds is 6. The molecule has 1 aromatic rings. The Morgan fingerprint density at radius 2 is 1.96 bits per heavy atom. The van der Waals surface area contributed by atoms with Crippen LogP contribution in [0, 0.1) is 6.92 Å². The van der Waals surface area contributed by atoms with Gasteiger partial charge >= 0.3 is 0 Å². The van der Waals surface area contributed by atoms with Crippen molar-refractivity contribution < 1.29 is 17.9 Å². The van der Waals surface area contributed by atoms with E-state index >= 15 is 0 Å². The summed E-state index contributed by atoms with van der Waals surface area (Å²) < 4.78 is 32.0. The Bertz CT molecular complexity index is 637. The Morgan fingerprint density at radius 1 is 1.29 bits per heavy atom. The molecule has 1 aliphatic heterocycles. The zero-order chi connectivity index (χ0) is 16.9. The summed E-state index contributed by atoms with van der Waals surface area (Å²) in [5, 5.41) is 5.79. The zero-order valence-electron chi connectivity index (χ0n) is 13.7. The molecule has 1 aliphatic rings. The van der Waals surface area contributed by atoms with E-state index in [4.69, 9.17) is 4.74 Å². The normalized spacial score (nSPS) is 20.9. The van der Waals surface area contributed by atoms with E-state index in [0.717, 1.165) is 5.56 Å². The Morgan fingerprint density at radius 3 is 2.58 bits per heavy atom. The van der Waals surface area contributed by atoms with E-state index in [1.54, 1.807) is 24.3 Å². The van der Waals surface area contributed by atoms with Gasteiger partial charge in [0.2, 0.25) is 15.9 Å². The number of morpholine rings is 1. The lowest BCUT2D eigenvalue weighted by Crippen LogP contribution is -2.56. The van der Waals surface area contributed by atoms with Gasteiger partial charge in [-0.25, -0.2) is 13.1 Å². The summed E-state index contributed by atoms with van der Waals surface area (Å²) in [6, 6.07) is 6.19. The van der Waals surface area contributed by atoms with Crippen molar-refractivity contribution in [3.8, 4) is 0 Å². The van der Waals surface area contributed by atoms with Gasteiger partial charge in [0.15, 0.2) is 0 Å². The molecule has 1 fully saturated rings. The second-order valence-electron chi connectivity index (χ2n) is 5.51. The Labute approximate surface area is 149 Å². The van der Waals surface area contributed by atoms with E-state index in [0.29, 0.717) is 13.2 Å². The van der Waals surface area contributed by atoms with Crippen molar-refractivity contribution in [2.45, 2.75) is 30.9 Å². The van der Waals surface area contributed by atoms with Crippen LogP contribution in [0.1, 0.15) is 12.5 Å². The highest BCUT2D eigenvalue weighted by molar-refractivity contribution is 7.89. The van der Waals surface area contributed by atoms with Crippen LogP contribution in [-0.4, -0.2) is 52.7 Å². The minimum absolute atomic E-state index is 0. The molecule has 136 valence electrons. The molecule has 24 heavy (non-hydrogen) atoms. The van der Waals surface area contributed by atoms with Gasteiger partial charge in [-0.15, -0.1) is 12.4 Å². The fourth-order valence-electron chi connectivity index (χ4n) is 2.31. The van der Waals surface area contributed by atoms with Crippen molar-refractivity contribution in [1.82, 2.24) is 15.4 Å². The number of hydrogen-bond acceptors (Lipinski definition) is 5. The first-order valence-corrected chi connectivity index (χ1v) is 9.07. The van der Waals surface area contributed by atoms with Gasteiger partial charge in [-0.2, -0.15) is 0 Å². The number of carbonyl (C=O) groups is 1. The van der Waals surface area contributed by atoms with E-state index in [1.807, 2.05) is 13.8 Å². The molecular weight excluding hydrogens is 354 g/mol. The van der Waals surface area contributed by atoms with Crippen LogP contribution < -0.4 is 15.4 Å². The van der Waals surface area contributed by atoms with Crippen molar-refractivity contribution in [3.05, 3.63) is 29.8 Å². The van der Waals surface area contributed by atoms with Gasteiger partial charge in [0.1, 0.15) is 6.04 Å². The molecule has 9 heteroatoms. The number of amides is 1. The maximum Gasteiger partial charge on any atom is 0.240 e. The average molecular weight is 378 g/mol. The highest BCUT2D eigenvalue weighted by Gasteiger charge is 2.27. The van der Waals surface area contributed by atoms with Gasteiger partial charge in [0.25, 0.3) is 0 Å². The molecule has 0 aromatic heterocycles. The van der Waals surface area contributed by atoms with E-state index in [9.17, 15) is 13.2 Å². The van der Waals surface area contributed by atoms with Crippen LogP contribution in [0.2, 0.25) is 0 Å². The van der Waals surface area contributed by atoms with Crippen LogP contribution in [0.25, 0.3) is 0 Å². The van der Waals surface area contributed by atoms with Gasteiger partial charge < -0.3 is 15.4 Å². The van der Waals surface area contributed by atoms with Crippen molar-refractivity contribution in [3.63, 3.8) is 0 Å². The fourth-order valence-corrected chi connectivity index (χ4v) is 3.34.